The third-order valence-electron chi connectivity index (χ3n) is 3.26. The topological polar surface area (TPSA) is 66.4 Å². The van der Waals surface area contributed by atoms with Crippen LogP contribution in [-0.2, 0) is 15.6 Å². The number of carbonyl (C=O) groups is 1. The van der Waals surface area contributed by atoms with Gasteiger partial charge in [0.05, 0.1) is 12.6 Å². The van der Waals surface area contributed by atoms with Gasteiger partial charge in [-0.05, 0) is 29.3 Å². The van der Waals surface area contributed by atoms with Gasteiger partial charge < -0.3 is 10.4 Å². The van der Waals surface area contributed by atoms with Gasteiger partial charge in [-0.2, -0.15) is 0 Å². The average Bonchev–Trinajstić information content (AvgIpc) is 2.46. The van der Waals surface area contributed by atoms with Crippen molar-refractivity contribution in [1.82, 2.24) is 5.32 Å². The molecule has 0 aliphatic heterocycles. The van der Waals surface area contributed by atoms with Crippen molar-refractivity contribution in [1.29, 1.82) is 0 Å². The quantitative estimate of drug-likeness (QED) is 0.854. The minimum Gasteiger partial charge on any atom is -0.395 e. The van der Waals surface area contributed by atoms with Crippen molar-refractivity contribution in [2.75, 3.05) is 18.1 Å². The standard InChI is InChI=1S/C16H19NO3S/c1-12(17-16(19)11-21(20)9-8-18)14-7-6-13-4-2-3-5-15(13)10-14/h2-7,10,12,18H,8-9,11H2,1H3,(H,17,19). The van der Waals surface area contributed by atoms with Gasteiger partial charge in [0, 0.05) is 16.6 Å². The number of aliphatic hydroxyl groups excluding tert-OH is 1. The van der Waals surface area contributed by atoms with Crippen LogP contribution in [0, 0.1) is 0 Å². The van der Waals surface area contributed by atoms with Crippen LogP contribution in [0.1, 0.15) is 18.5 Å². The van der Waals surface area contributed by atoms with Crippen LogP contribution in [0.4, 0.5) is 0 Å². The summed E-state index contributed by atoms with van der Waals surface area (Å²) in [5, 5.41) is 13.8. The molecule has 0 saturated carbocycles. The normalized spacial score (nSPS) is 13.8. The molecular formula is C16H19NO3S. The highest BCUT2D eigenvalue weighted by Gasteiger charge is 2.12. The first-order valence-electron chi connectivity index (χ1n) is 6.84. The lowest BCUT2D eigenvalue weighted by Crippen LogP contribution is -2.31. The summed E-state index contributed by atoms with van der Waals surface area (Å²) in [6.45, 7) is 1.73. The molecule has 0 saturated heterocycles. The molecule has 0 spiro atoms. The zero-order valence-corrected chi connectivity index (χ0v) is 12.7. The molecule has 1 amide bonds. The molecule has 2 unspecified atom stereocenters. The number of amides is 1. The fourth-order valence-corrected chi connectivity index (χ4v) is 2.89. The first-order valence-corrected chi connectivity index (χ1v) is 8.33. The zero-order valence-electron chi connectivity index (χ0n) is 11.9. The van der Waals surface area contributed by atoms with E-state index in [0.29, 0.717) is 0 Å². The Morgan fingerprint density at radius 1 is 1.24 bits per heavy atom. The third-order valence-corrected chi connectivity index (χ3v) is 4.48. The van der Waals surface area contributed by atoms with Crippen LogP contribution in [-0.4, -0.2) is 33.3 Å². The Kier molecular flexibility index (Phi) is 5.47. The highest BCUT2D eigenvalue weighted by atomic mass is 32.2. The van der Waals surface area contributed by atoms with Crippen molar-refractivity contribution in [2.45, 2.75) is 13.0 Å². The molecule has 21 heavy (non-hydrogen) atoms. The molecular weight excluding hydrogens is 286 g/mol. The van der Waals surface area contributed by atoms with E-state index in [2.05, 4.69) is 5.32 Å². The van der Waals surface area contributed by atoms with Crippen molar-refractivity contribution in [3.05, 3.63) is 48.0 Å². The Bertz CT molecular complexity index is 657. The van der Waals surface area contributed by atoms with E-state index in [4.69, 9.17) is 5.11 Å². The van der Waals surface area contributed by atoms with E-state index in [1.165, 1.54) is 0 Å². The lowest BCUT2D eigenvalue weighted by Gasteiger charge is -2.15. The molecule has 0 heterocycles. The lowest BCUT2D eigenvalue weighted by atomic mass is 10.0. The molecule has 0 aliphatic rings. The molecule has 2 aromatic carbocycles. The van der Waals surface area contributed by atoms with Gasteiger partial charge in [-0.25, -0.2) is 0 Å². The van der Waals surface area contributed by atoms with E-state index < -0.39 is 10.8 Å². The smallest absolute Gasteiger partial charge is 0.233 e. The van der Waals surface area contributed by atoms with Crippen LogP contribution < -0.4 is 5.32 Å². The highest BCUT2D eigenvalue weighted by Crippen LogP contribution is 2.20. The Hall–Kier alpha value is -1.72. The first-order chi connectivity index (χ1) is 10.1. The Morgan fingerprint density at radius 2 is 1.95 bits per heavy atom. The van der Waals surface area contributed by atoms with Gasteiger partial charge >= 0.3 is 0 Å². The molecule has 112 valence electrons. The molecule has 2 N–H and O–H groups in total. The largest absolute Gasteiger partial charge is 0.395 e. The molecule has 0 fully saturated rings. The summed E-state index contributed by atoms with van der Waals surface area (Å²) in [6, 6.07) is 14.0. The lowest BCUT2D eigenvalue weighted by molar-refractivity contribution is -0.119. The predicted octanol–water partition coefficient (Wildman–Crippen LogP) is 1.76. The fraction of sp³-hybridized carbons (Fsp3) is 0.312. The highest BCUT2D eigenvalue weighted by molar-refractivity contribution is 7.85. The number of nitrogens with one attached hydrogen (secondary N) is 1. The van der Waals surface area contributed by atoms with Crippen LogP contribution >= 0.6 is 0 Å². The number of carbonyl (C=O) groups excluding carboxylic acids is 1. The summed E-state index contributed by atoms with van der Waals surface area (Å²) in [5.41, 5.74) is 1.01. The van der Waals surface area contributed by atoms with Crippen LogP contribution in [0.15, 0.2) is 42.5 Å². The second kappa shape index (κ2) is 7.33. The van der Waals surface area contributed by atoms with E-state index in [0.717, 1.165) is 16.3 Å². The van der Waals surface area contributed by atoms with Gasteiger partial charge in [0.15, 0.2) is 0 Å². The number of aliphatic hydroxyl groups is 1. The van der Waals surface area contributed by atoms with E-state index in [9.17, 15) is 9.00 Å². The van der Waals surface area contributed by atoms with Crippen LogP contribution in [0.25, 0.3) is 10.8 Å². The maximum Gasteiger partial charge on any atom is 0.233 e. The van der Waals surface area contributed by atoms with Crippen LogP contribution in [0.2, 0.25) is 0 Å². The summed E-state index contributed by atoms with van der Waals surface area (Å²) >= 11 is 0. The second-order valence-electron chi connectivity index (χ2n) is 4.91. The molecule has 2 atom stereocenters. The van der Waals surface area contributed by atoms with Gasteiger partial charge in [-0.1, -0.05) is 36.4 Å². The fourth-order valence-electron chi connectivity index (χ4n) is 2.16. The predicted molar refractivity (Wildman–Crippen MR) is 85.5 cm³/mol. The second-order valence-corrected chi connectivity index (χ2v) is 6.48. The van der Waals surface area contributed by atoms with Crippen molar-refractivity contribution >= 4 is 27.5 Å². The zero-order chi connectivity index (χ0) is 15.2. The number of hydrogen-bond acceptors (Lipinski definition) is 3. The molecule has 0 aromatic heterocycles. The van der Waals surface area contributed by atoms with Crippen molar-refractivity contribution in [3.63, 3.8) is 0 Å². The number of rotatable bonds is 6. The van der Waals surface area contributed by atoms with E-state index >= 15 is 0 Å². The van der Waals surface area contributed by atoms with Gasteiger partial charge in [0.1, 0.15) is 5.75 Å². The van der Waals surface area contributed by atoms with Crippen LogP contribution in [0.5, 0.6) is 0 Å². The van der Waals surface area contributed by atoms with E-state index in [1.54, 1.807) is 0 Å². The van der Waals surface area contributed by atoms with E-state index in [1.807, 2.05) is 49.4 Å². The summed E-state index contributed by atoms with van der Waals surface area (Å²) in [6.07, 6.45) is 0. The Morgan fingerprint density at radius 3 is 2.67 bits per heavy atom. The van der Waals surface area contributed by atoms with Crippen LogP contribution in [0.3, 0.4) is 0 Å². The summed E-state index contributed by atoms with van der Waals surface area (Å²) in [7, 11) is -1.31. The Labute approximate surface area is 126 Å². The number of hydrogen-bond donors (Lipinski definition) is 2. The number of benzene rings is 2. The molecule has 0 aliphatic carbocycles. The maximum atomic E-state index is 11.8. The molecule has 2 aromatic rings. The molecule has 2 rings (SSSR count). The van der Waals surface area contributed by atoms with Gasteiger partial charge in [0.2, 0.25) is 5.91 Å². The van der Waals surface area contributed by atoms with E-state index in [-0.39, 0.29) is 30.1 Å². The first kappa shape index (κ1) is 15.7. The van der Waals surface area contributed by atoms with Crippen molar-refractivity contribution < 1.29 is 14.1 Å². The Balaban J connectivity index is 2.02. The monoisotopic (exact) mass is 305 g/mol. The molecule has 4 nitrogen and oxygen atoms in total. The third kappa shape index (κ3) is 4.37. The summed E-state index contributed by atoms with van der Waals surface area (Å²) in [4.78, 5) is 11.8. The molecule has 0 bridgehead atoms. The van der Waals surface area contributed by atoms with Gasteiger partial charge in [-0.15, -0.1) is 0 Å². The minimum absolute atomic E-state index is 0.0710. The number of fused-ring (bicyclic) bond motifs is 1. The van der Waals surface area contributed by atoms with Gasteiger partial charge in [-0.3, -0.25) is 9.00 Å². The van der Waals surface area contributed by atoms with Gasteiger partial charge in [0.25, 0.3) is 0 Å². The summed E-state index contributed by atoms with van der Waals surface area (Å²) < 4.78 is 11.4. The maximum absolute atomic E-state index is 11.8. The average molecular weight is 305 g/mol. The van der Waals surface area contributed by atoms with Crippen molar-refractivity contribution in [3.8, 4) is 0 Å². The summed E-state index contributed by atoms with van der Waals surface area (Å²) in [5.74, 6) is -0.196. The minimum atomic E-state index is -1.31. The molecule has 5 heteroatoms. The van der Waals surface area contributed by atoms with Crippen molar-refractivity contribution in [2.24, 2.45) is 0 Å². The SMILES string of the molecule is CC(NC(=O)CS(=O)CCO)c1ccc2ccccc2c1. The molecule has 0 radical (unpaired) electrons.